The molecule has 9 aliphatic rings. The van der Waals surface area contributed by atoms with Gasteiger partial charge in [-0.1, -0.05) is 82.3 Å². The Balaban J connectivity index is 0.000000113. The predicted octanol–water partition coefficient (Wildman–Crippen LogP) is 11.5. The van der Waals surface area contributed by atoms with Gasteiger partial charge in [-0.2, -0.15) is 0 Å². The second kappa shape index (κ2) is 35.5. The first kappa shape index (κ1) is 90.9. The number of aromatic hydroxyl groups is 2. The summed E-state index contributed by atoms with van der Waals surface area (Å²) < 4.78 is 24.2. The predicted molar refractivity (Wildman–Crippen MR) is 518 cm³/mol. The molecule has 38 nitrogen and oxygen atoms in total. The van der Waals surface area contributed by atoms with Gasteiger partial charge in [0.25, 0.3) is 47.3 Å². The summed E-state index contributed by atoms with van der Waals surface area (Å²) in [6, 6.07) is 52.1. The van der Waals surface area contributed by atoms with Crippen molar-refractivity contribution < 1.29 is 85.4 Å². The molecule has 24 rings (SSSR count). The zero-order valence-corrected chi connectivity index (χ0v) is 77.0. The number of carbonyl (C=O) groups excluding carboxylic acids is 12. The van der Waals surface area contributed by atoms with Crippen molar-refractivity contribution in [1.29, 1.82) is 0 Å². The molecular weight excluding hydrogens is 1830 g/mol. The SMILES string of the molecule is CCc1ccc2c(c1)C(=O)N(C[C@@]1(c3cc4cc(-c5ccc(O)cc5)ncc4o3)NC(=O)NC1=O)C2.CCc1ccc2c(c1)C(=O)N(C[C@@]1(c3cc4cc(-c5ccnc(N)n5)ccc4o3)NC(=O)NC1=O)C2.CCc1ccc2c(c1)C(=O)N(C[C@@]1(c3cc4cc(-c5cncc(O)c5)ncc4o3)NC(=O)NC1=O)C2.CCc1ccc2c(c1)C(=O)N(C[C@@]1(c3cc4cc(C5=CC(N)=NC5)ccc4o3)NC(=O)NC1=O)C2. The molecule has 4 fully saturated rings. The number of aromatic nitrogens is 5. The molecule has 38 heteroatoms. The summed E-state index contributed by atoms with van der Waals surface area (Å²) in [5.41, 5.74) is 23.3. The van der Waals surface area contributed by atoms with Crippen LogP contribution in [0.25, 0.3) is 83.2 Å². The number of phenolic OH excluding ortho intramolecular Hbond substituents is 1. The van der Waals surface area contributed by atoms with E-state index in [1.807, 2.05) is 137 Å². The van der Waals surface area contributed by atoms with Crippen molar-refractivity contribution in [2.24, 2.45) is 10.7 Å². The van der Waals surface area contributed by atoms with Gasteiger partial charge in [0.05, 0.1) is 68.4 Å². The van der Waals surface area contributed by atoms with E-state index in [1.165, 1.54) is 18.5 Å². The Hall–Kier alpha value is -18.5. The van der Waals surface area contributed by atoms with Gasteiger partial charge in [-0.05, 0) is 215 Å². The first-order valence-corrected chi connectivity index (χ1v) is 46.0. The lowest BCUT2D eigenvalue weighted by atomic mass is 9.95. The number of nitrogens with two attached hydrogens (primary N) is 2. The zero-order valence-electron chi connectivity index (χ0n) is 77.0. The summed E-state index contributed by atoms with van der Waals surface area (Å²) >= 11 is 0. The van der Waals surface area contributed by atoms with Crippen LogP contribution in [0.3, 0.4) is 0 Å². The highest BCUT2D eigenvalue weighted by Gasteiger charge is 2.58. The van der Waals surface area contributed by atoms with Crippen LogP contribution in [0.1, 0.15) is 142 Å². The van der Waals surface area contributed by atoms with E-state index in [0.717, 1.165) is 97.8 Å². The molecule has 4 atom stereocenters. The van der Waals surface area contributed by atoms with Gasteiger partial charge in [0.1, 0.15) is 51.5 Å². The minimum absolute atomic E-state index is 0.00825. The number of urea groups is 4. The number of nitrogens with one attached hydrogen (secondary N) is 8. The summed E-state index contributed by atoms with van der Waals surface area (Å²) in [6.45, 7) is 9.62. The molecule has 17 heterocycles. The molecule has 0 radical (unpaired) electrons. The lowest BCUT2D eigenvalue weighted by Crippen LogP contribution is -2.52. The number of anilines is 1. The number of furan rings is 4. The molecule has 0 saturated carbocycles. The fraction of sp³-hybridized carbons (Fsp3) is 0.200. The lowest BCUT2D eigenvalue weighted by molar-refractivity contribution is -0.126. The third kappa shape index (κ3) is 16.5. The molecule has 0 bridgehead atoms. The molecule has 15 aromatic rings. The fourth-order valence-corrected chi connectivity index (χ4v) is 19.4. The van der Waals surface area contributed by atoms with Gasteiger partial charge in [-0.3, -0.25) is 79.6 Å². The molecule has 9 aliphatic heterocycles. The first-order valence-electron chi connectivity index (χ1n) is 46.0. The van der Waals surface area contributed by atoms with E-state index < -0.39 is 69.9 Å². The van der Waals surface area contributed by atoms with E-state index in [-0.39, 0.29) is 90.3 Å². The number of carbonyl (C=O) groups is 12. The number of hydrogen-bond acceptors (Lipinski definition) is 26. The maximum absolute atomic E-state index is 13.2. The van der Waals surface area contributed by atoms with Gasteiger partial charge in [0, 0.05) is 99.1 Å². The number of aliphatic imine (C=N–C) groups is 1. The summed E-state index contributed by atoms with van der Waals surface area (Å²) in [5, 5.41) is 42.1. The van der Waals surface area contributed by atoms with E-state index in [9.17, 15) is 67.7 Å². The number of pyridine rings is 3. The van der Waals surface area contributed by atoms with Crippen molar-refractivity contribution in [2.75, 3.05) is 38.5 Å². The highest BCUT2D eigenvalue weighted by molar-refractivity contribution is 6.13. The van der Waals surface area contributed by atoms with Crippen LogP contribution in [-0.4, -0.2) is 165 Å². The average molecular weight is 1920 g/mol. The number of amidine groups is 1. The fourth-order valence-electron chi connectivity index (χ4n) is 19.4. The number of fused-ring (bicyclic) bond motifs is 8. The number of amides is 16. The topological polar surface area (TPSA) is 536 Å². The van der Waals surface area contributed by atoms with Crippen molar-refractivity contribution in [1.82, 2.24) is 87.1 Å². The van der Waals surface area contributed by atoms with E-state index in [1.54, 1.807) is 111 Å². The van der Waals surface area contributed by atoms with Crippen molar-refractivity contribution in [3.63, 3.8) is 0 Å². The molecule has 14 N–H and O–H groups in total. The maximum atomic E-state index is 13.2. The van der Waals surface area contributed by atoms with Crippen LogP contribution in [0.4, 0.5) is 25.1 Å². The maximum Gasteiger partial charge on any atom is 0.322 e. The molecule has 0 aliphatic carbocycles. The second-order valence-corrected chi connectivity index (χ2v) is 36.1. The van der Waals surface area contributed by atoms with Gasteiger partial charge < -0.3 is 80.2 Å². The number of benzene rings is 7. The monoisotopic (exact) mass is 1920 g/mol. The molecule has 716 valence electrons. The summed E-state index contributed by atoms with van der Waals surface area (Å²) in [6.07, 6.45) is 12.6. The molecule has 0 unspecified atom stereocenters. The van der Waals surface area contributed by atoms with E-state index in [0.29, 0.717) is 122 Å². The Bertz CT molecular complexity index is 7840. The van der Waals surface area contributed by atoms with E-state index in [4.69, 9.17) is 29.1 Å². The molecule has 7 aromatic carbocycles. The number of nitrogens with zero attached hydrogens (tertiary/aromatic N) is 10. The third-order valence-electron chi connectivity index (χ3n) is 27.1. The average Bonchev–Trinajstić information content (AvgIpc) is 1.60. The minimum atomic E-state index is -1.60. The van der Waals surface area contributed by atoms with Crippen molar-refractivity contribution in [3.8, 4) is 45.3 Å². The van der Waals surface area contributed by atoms with Crippen LogP contribution in [-0.2, 0) is 93.2 Å². The number of nitrogen functional groups attached to an aromatic ring is 1. The molecule has 143 heavy (non-hydrogen) atoms. The molecule has 0 spiro atoms. The van der Waals surface area contributed by atoms with Crippen LogP contribution >= 0.6 is 0 Å². The zero-order chi connectivity index (χ0) is 99.4. The number of aryl methyl sites for hydroxylation is 4. The van der Waals surface area contributed by atoms with Crippen molar-refractivity contribution in [2.45, 2.75) is 102 Å². The molecule has 16 amide bonds. The van der Waals surface area contributed by atoms with Crippen LogP contribution in [0, 0.1) is 0 Å². The largest absolute Gasteiger partial charge is 0.508 e. The standard InChI is InChI=1S/C27H22N4O5.C26H22N6O4.C26H21N5O5.C26H23N5O4/c1-2-15-3-4-17-13-31(24(33)20(17)9-15)14-27(25(34)29-26(35)30-27)23-11-18-10-21(28-12-22(18)36-23)16-5-7-19(32)8-6-16;1-2-14-3-4-16-12-32(22(33)18(16)9-14)13-26(23(34)30-25(35)31-26)21-11-17-10-15(5-6-20(17)36-21)19-7-8-28-24(27)29-19;1-2-14-3-4-15-12-31(23(33)19(15)5-14)13-26(24(34)29-25(35)30-26)22-8-16-7-20(28-11-21(16)36-22)17-6-18(32)10-27-9-17;1-2-14-3-4-16-12-31(23(32)19(16)7-14)13-26(24(33)29-25(34)30-26)21-9-17-8-15(5-6-20(17)35-21)18-10-22(27)28-11-18/h3-12,32H,2,13-14H2,1H3,(H2,29,30,34,35);3-11H,2,12-13H2,1H3,(H2,27,28,29)(H2,30,31,34,35);3-11,32H,2,12-13H2,1H3,(H2,29,30,34,35);3-10H,2,11-13H2,1H3,(H2,27,28)(H2,29,30,33,34)/t27-;3*26-/m0000/s1. The summed E-state index contributed by atoms with van der Waals surface area (Å²) in [7, 11) is 0. The molecular formula is C105H88N20O18. The quantitative estimate of drug-likeness (QED) is 0.0315. The Morgan fingerprint density at radius 3 is 1.06 bits per heavy atom. The number of hydrogen-bond donors (Lipinski definition) is 12. The second-order valence-electron chi connectivity index (χ2n) is 36.1. The number of rotatable bonds is 20. The summed E-state index contributed by atoms with van der Waals surface area (Å²) in [4.78, 5) is 186. The Morgan fingerprint density at radius 2 is 0.706 bits per heavy atom. The van der Waals surface area contributed by atoms with Gasteiger partial charge >= 0.3 is 24.1 Å². The van der Waals surface area contributed by atoms with E-state index in [2.05, 4.69) is 72.4 Å². The Labute approximate surface area is 811 Å². The highest BCUT2D eigenvalue weighted by atomic mass is 16.4. The Morgan fingerprint density at radius 1 is 0.350 bits per heavy atom. The van der Waals surface area contributed by atoms with Gasteiger partial charge in [-0.15, -0.1) is 0 Å². The highest BCUT2D eigenvalue weighted by Crippen LogP contribution is 2.43. The van der Waals surface area contributed by atoms with Crippen LogP contribution in [0.5, 0.6) is 11.5 Å². The lowest BCUT2D eigenvalue weighted by Gasteiger charge is -2.29. The van der Waals surface area contributed by atoms with Crippen LogP contribution < -0.4 is 54.0 Å². The van der Waals surface area contributed by atoms with Gasteiger partial charge in [-0.25, -0.2) is 29.1 Å². The normalized spacial score (nSPS) is 19.6. The van der Waals surface area contributed by atoms with Gasteiger partial charge in [0.2, 0.25) is 5.95 Å². The molecule has 4 saturated heterocycles. The minimum Gasteiger partial charge on any atom is -0.508 e. The molecule has 8 aromatic heterocycles. The number of imide groups is 4. The van der Waals surface area contributed by atoms with Gasteiger partial charge in [0.15, 0.2) is 33.3 Å². The van der Waals surface area contributed by atoms with Crippen molar-refractivity contribution in [3.05, 3.63) is 314 Å². The number of phenols is 1. The van der Waals surface area contributed by atoms with Crippen molar-refractivity contribution >= 4 is 133 Å². The van der Waals surface area contributed by atoms with Crippen LogP contribution in [0.15, 0.2) is 242 Å². The van der Waals surface area contributed by atoms with E-state index >= 15 is 0 Å². The van der Waals surface area contributed by atoms with Crippen LogP contribution in [0.2, 0.25) is 0 Å². The Kier molecular flexibility index (Phi) is 22.6. The summed E-state index contributed by atoms with van der Waals surface area (Å²) in [5.74, 6) is -1.37. The smallest absolute Gasteiger partial charge is 0.322 e. The third-order valence-corrected chi connectivity index (χ3v) is 27.1. The first-order chi connectivity index (χ1) is 68.9.